The van der Waals surface area contributed by atoms with Crippen molar-refractivity contribution in [2.24, 2.45) is 0 Å². The van der Waals surface area contributed by atoms with E-state index < -0.39 is 0 Å². The minimum absolute atomic E-state index is 0.0729. The van der Waals surface area contributed by atoms with Crippen LogP contribution < -0.4 is 4.74 Å². The third-order valence-electron chi connectivity index (χ3n) is 6.29. The van der Waals surface area contributed by atoms with Crippen LogP contribution in [-0.4, -0.2) is 39.3 Å². The number of carbonyl (C=O) groups excluding carboxylic acids is 1. The van der Waals surface area contributed by atoms with Crippen LogP contribution in [0.4, 0.5) is 0 Å². The number of ether oxygens (including phenoxy) is 1. The molecule has 0 aliphatic carbocycles. The van der Waals surface area contributed by atoms with Gasteiger partial charge in [-0.3, -0.25) is 9.89 Å². The number of phenols is 1. The molecule has 1 aliphatic heterocycles. The number of phenolic OH excluding ortho intramolecular Hbond substituents is 1. The zero-order valence-electron chi connectivity index (χ0n) is 19.8. The van der Waals surface area contributed by atoms with Crippen molar-refractivity contribution >= 4 is 17.5 Å². The lowest BCUT2D eigenvalue weighted by Crippen LogP contribution is -2.30. The molecule has 1 atom stereocenters. The summed E-state index contributed by atoms with van der Waals surface area (Å²) in [5.41, 5.74) is 3.28. The van der Waals surface area contributed by atoms with Gasteiger partial charge >= 0.3 is 0 Å². The molecule has 0 fully saturated rings. The number of aromatic hydroxyl groups is 1. The number of benzene rings is 2. The van der Waals surface area contributed by atoms with E-state index in [9.17, 15) is 9.90 Å². The van der Waals surface area contributed by atoms with E-state index in [0.29, 0.717) is 35.1 Å². The Morgan fingerprint density at radius 1 is 1.06 bits per heavy atom. The predicted octanol–water partition coefficient (Wildman–Crippen LogP) is 6.74. The first-order chi connectivity index (χ1) is 16.5. The summed E-state index contributed by atoms with van der Waals surface area (Å²) in [5.74, 6) is 0.822. The molecule has 2 heterocycles. The highest BCUT2D eigenvalue weighted by Crippen LogP contribution is 2.45. The molecule has 2 N–H and O–H groups in total. The molecule has 1 aliphatic rings. The quantitative estimate of drug-likeness (QED) is 0.297. The van der Waals surface area contributed by atoms with Gasteiger partial charge in [0.05, 0.1) is 12.6 Å². The maximum atomic E-state index is 13.4. The third kappa shape index (κ3) is 4.92. The van der Waals surface area contributed by atoms with Gasteiger partial charge in [-0.15, -0.1) is 0 Å². The molecule has 1 aromatic heterocycles. The monoisotopic (exact) mass is 481 g/mol. The summed E-state index contributed by atoms with van der Waals surface area (Å²) in [7, 11) is 0. The lowest BCUT2D eigenvalue weighted by molar-refractivity contribution is 0.0740. The Bertz CT molecular complexity index is 1130. The molecule has 0 saturated heterocycles. The molecule has 180 valence electrons. The van der Waals surface area contributed by atoms with Crippen molar-refractivity contribution < 1.29 is 14.6 Å². The van der Waals surface area contributed by atoms with E-state index in [-0.39, 0.29) is 17.7 Å². The number of halogens is 1. The number of carbonyl (C=O) groups is 1. The number of nitrogens with one attached hydrogen (secondary N) is 1. The molecule has 7 heteroatoms. The maximum absolute atomic E-state index is 13.4. The molecule has 0 saturated carbocycles. The van der Waals surface area contributed by atoms with Crippen molar-refractivity contribution in [1.82, 2.24) is 15.1 Å². The second kappa shape index (κ2) is 11.0. The van der Waals surface area contributed by atoms with Crippen LogP contribution in [0.2, 0.25) is 5.02 Å². The Labute approximate surface area is 205 Å². The topological polar surface area (TPSA) is 78.5 Å². The number of nitrogens with zero attached hydrogens (tertiary/aromatic N) is 2. The summed E-state index contributed by atoms with van der Waals surface area (Å²) in [6, 6.07) is 12.5. The van der Waals surface area contributed by atoms with Crippen molar-refractivity contribution in [3.8, 4) is 22.8 Å². The molecule has 0 radical (unpaired) electrons. The molecule has 0 bridgehead atoms. The summed E-state index contributed by atoms with van der Waals surface area (Å²) in [5, 5.41) is 18.4. The van der Waals surface area contributed by atoms with Crippen LogP contribution in [0.15, 0.2) is 42.5 Å². The fourth-order valence-electron chi connectivity index (χ4n) is 4.50. The summed E-state index contributed by atoms with van der Waals surface area (Å²) >= 11 is 6.22. The van der Waals surface area contributed by atoms with E-state index in [2.05, 4.69) is 24.0 Å². The minimum Gasteiger partial charge on any atom is -0.507 e. The van der Waals surface area contributed by atoms with Crippen molar-refractivity contribution in [3.63, 3.8) is 0 Å². The zero-order chi connectivity index (χ0) is 24.1. The van der Waals surface area contributed by atoms with E-state index in [1.807, 2.05) is 29.2 Å². The van der Waals surface area contributed by atoms with Gasteiger partial charge in [0.15, 0.2) is 0 Å². The lowest BCUT2D eigenvalue weighted by atomic mass is 9.95. The van der Waals surface area contributed by atoms with Gasteiger partial charge < -0.3 is 14.7 Å². The van der Waals surface area contributed by atoms with Gasteiger partial charge in [-0.05, 0) is 48.7 Å². The van der Waals surface area contributed by atoms with Crippen LogP contribution in [-0.2, 0) is 0 Å². The van der Waals surface area contributed by atoms with E-state index in [0.717, 1.165) is 55.4 Å². The highest BCUT2D eigenvalue weighted by atomic mass is 35.5. The largest absolute Gasteiger partial charge is 0.507 e. The standard InChI is InChI=1S/C27H32ClN3O3/c1-3-5-7-15-31-26(18-9-12-20(13-10-18)34-16-8-6-4-2)23-24(29-30-25(23)27(31)33)21-17-19(28)11-14-22(21)32/h9-14,17,26,32H,3-8,15-16H2,1-2H3,(H,29,30). The molecule has 3 aromatic rings. The van der Waals surface area contributed by atoms with Gasteiger partial charge in [0.2, 0.25) is 0 Å². The minimum atomic E-state index is -0.305. The second-order valence-corrected chi connectivity index (χ2v) is 9.19. The van der Waals surface area contributed by atoms with Gasteiger partial charge in [0.1, 0.15) is 22.9 Å². The number of H-pyrrole nitrogens is 1. The SMILES string of the molecule is CCCCCOc1ccc(C2c3c(-c4cc(Cl)ccc4O)n[nH]c3C(=O)N2CCCCC)cc1. The highest BCUT2D eigenvalue weighted by molar-refractivity contribution is 6.31. The van der Waals surface area contributed by atoms with E-state index in [1.165, 1.54) is 0 Å². The number of aromatic amines is 1. The molecule has 0 spiro atoms. The van der Waals surface area contributed by atoms with Gasteiger partial charge in [0.25, 0.3) is 5.91 Å². The van der Waals surface area contributed by atoms with Crippen molar-refractivity contribution in [2.45, 2.75) is 58.4 Å². The molecule has 1 unspecified atom stereocenters. The summed E-state index contributed by atoms with van der Waals surface area (Å²) in [6.07, 6.45) is 6.39. The van der Waals surface area contributed by atoms with E-state index in [1.54, 1.807) is 18.2 Å². The average molecular weight is 482 g/mol. The van der Waals surface area contributed by atoms with Gasteiger partial charge in [0, 0.05) is 22.7 Å². The number of unbranched alkanes of at least 4 members (excludes halogenated alkanes) is 4. The Kier molecular flexibility index (Phi) is 7.78. The fraction of sp³-hybridized carbons (Fsp3) is 0.407. The average Bonchev–Trinajstić information content (AvgIpc) is 3.38. The van der Waals surface area contributed by atoms with Gasteiger partial charge in [-0.25, -0.2) is 0 Å². The number of aromatic nitrogens is 2. The van der Waals surface area contributed by atoms with Crippen LogP contribution in [0.25, 0.3) is 11.3 Å². The maximum Gasteiger partial charge on any atom is 0.273 e. The Morgan fingerprint density at radius 2 is 1.79 bits per heavy atom. The van der Waals surface area contributed by atoms with Crippen molar-refractivity contribution in [2.75, 3.05) is 13.2 Å². The smallest absolute Gasteiger partial charge is 0.273 e. The molecule has 34 heavy (non-hydrogen) atoms. The first kappa shape index (κ1) is 24.1. The lowest BCUT2D eigenvalue weighted by Gasteiger charge is -2.26. The number of hydrogen-bond donors (Lipinski definition) is 2. The molecular weight excluding hydrogens is 450 g/mol. The van der Waals surface area contributed by atoms with Crippen LogP contribution in [0.1, 0.15) is 80.0 Å². The van der Waals surface area contributed by atoms with E-state index >= 15 is 0 Å². The summed E-state index contributed by atoms with van der Waals surface area (Å²) < 4.78 is 5.88. The molecular formula is C27H32ClN3O3. The summed E-state index contributed by atoms with van der Waals surface area (Å²) in [6.45, 7) is 5.67. The first-order valence-corrected chi connectivity index (χ1v) is 12.5. The van der Waals surface area contributed by atoms with Crippen LogP contribution in [0.3, 0.4) is 0 Å². The Balaban J connectivity index is 1.70. The number of amides is 1. The van der Waals surface area contributed by atoms with Crippen molar-refractivity contribution in [1.29, 1.82) is 0 Å². The van der Waals surface area contributed by atoms with Crippen LogP contribution in [0.5, 0.6) is 11.5 Å². The Morgan fingerprint density at radius 3 is 2.53 bits per heavy atom. The zero-order valence-corrected chi connectivity index (χ0v) is 20.6. The molecule has 1 amide bonds. The predicted molar refractivity (Wildman–Crippen MR) is 135 cm³/mol. The van der Waals surface area contributed by atoms with E-state index in [4.69, 9.17) is 16.3 Å². The molecule has 2 aromatic carbocycles. The fourth-order valence-corrected chi connectivity index (χ4v) is 4.67. The number of hydrogen-bond acceptors (Lipinski definition) is 4. The summed E-state index contributed by atoms with van der Waals surface area (Å²) in [4.78, 5) is 15.3. The third-order valence-corrected chi connectivity index (χ3v) is 6.53. The van der Waals surface area contributed by atoms with Crippen molar-refractivity contribution in [3.05, 3.63) is 64.3 Å². The number of fused-ring (bicyclic) bond motifs is 1. The van der Waals surface area contributed by atoms with Crippen LogP contribution in [0, 0.1) is 0 Å². The highest BCUT2D eigenvalue weighted by Gasteiger charge is 2.42. The normalized spacial score (nSPS) is 15.1. The van der Waals surface area contributed by atoms with Gasteiger partial charge in [-0.2, -0.15) is 5.10 Å². The second-order valence-electron chi connectivity index (χ2n) is 8.76. The molecule has 4 rings (SSSR count). The molecule has 6 nitrogen and oxygen atoms in total. The Hall–Kier alpha value is -2.99. The number of rotatable bonds is 11. The van der Waals surface area contributed by atoms with Crippen LogP contribution >= 0.6 is 11.6 Å². The van der Waals surface area contributed by atoms with Gasteiger partial charge in [-0.1, -0.05) is 63.3 Å². The first-order valence-electron chi connectivity index (χ1n) is 12.2.